The van der Waals surface area contributed by atoms with Gasteiger partial charge in [0.15, 0.2) is 0 Å². The Morgan fingerprint density at radius 1 is 1.67 bits per heavy atom. The summed E-state index contributed by atoms with van der Waals surface area (Å²) in [6.45, 7) is 6.25. The second kappa shape index (κ2) is 1.80. The number of carbonyl (C=O) groups is 1. The van der Waals surface area contributed by atoms with Crippen LogP contribution in [0.4, 0.5) is 0 Å². The second-order valence-corrected chi connectivity index (χ2v) is 1.04. The van der Waals surface area contributed by atoms with Gasteiger partial charge in [-0.05, 0) is 13.8 Å². The van der Waals surface area contributed by atoms with E-state index in [0.717, 1.165) is 0 Å². The number of carboxylic acid groups (broad SMARTS) is 1. The highest BCUT2D eigenvalue weighted by molar-refractivity contribution is 5.71. The monoisotopic (exact) mass is 86.0 g/mol. The van der Waals surface area contributed by atoms with Crippen LogP contribution in [0.2, 0.25) is 0 Å². The molecular formula is C4H6O2. The maximum absolute atomic E-state index is 9.57. The quantitative estimate of drug-likeness (QED) is 0.500. The van der Waals surface area contributed by atoms with E-state index in [4.69, 9.17) is 5.11 Å². The smallest absolute Gasteiger partial charge is 0.306 e. The topological polar surface area (TPSA) is 37.3 Å². The van der Waals surface area contributed by atoms with Crippen molar-refractivity contribution < 1.29 is 9.90 Å². The molecule has 0 saturated heterocycles. The van der Waals surface area contributed by atoms with E-state index >= 15 is 0 Å². The Balaban J connectivity index is 3.26. The lowest BCUT2D eigenvalue weighted by molar-refractivity contribution is -0.138. The van der Waals surface area contributed by atoms with E-state index in [0.29, 0.717) is 0 Å². The molecule has 2 heteroatoms. The van der Waals surface area contributed by atoms with Gasteiger partial charge in [-0.2, -0.15) is 0 Å². The van der Waals surface area contributed by atoms with E-state index in [1.54, 1.807) is 0 Å². The Bertz CT molecular complexity index is 56.6. The van der Waals surface area contributed by atoms with Crippen LogP contribution in [0, 0.1) is 19.8 Å². The van der Waals surface area contributed by atoms with Crippen molar-refractivity contribution in [2.45, 2.75) is 0 Å². The third-order valence-corrected chi connectivity index (χ3v) is 0.349. The van der Waals surface area contributed by atoms with E-state index in [2.05, 4.69) is 13.8 Å². The molecule has 0 saturated carbocycles. The van der Waals surface area contributed by atoms with Gasteiger partial charge in [0.1, 0.15) is 0 Å². The Morgan fingerprint density at radius 2 is 1.83 bits per heavy atom. The van der Waals surface area contributed by atoms with Gasteiger partial charge in [-0.3, -0.25) is 4.79 Å². The van der Waals surface area contributed by atoms with Crippen LogP contribution in [0.25, 0.3) is 0 Å². The van der Waals surface area contributed by atoms with Gasteiger partial charge in [-0.25, -0.2) is 0 Å². The maximum Gasteiger partial charge on any atom is 0.306 e. The molecule has 0 atom stereocenters. The van der Waals surface area contributed by atoms with Crippen LogP contribution in [-0.4, -0.2) is 11.1 Å². The van der Waals surface area contributed by atoms with E-state index < -0.39 is 11.9 Å². The van der Waals surface area contributed by atoms with Crippen molar-refractivity contribution in [1.82, 2.24) is 0 Å². The molecule has 2 nitrogen and oxygen atoms in total. The van der Waals surface area contributed by atoms with Gasteiger partial charge in [-0.1, -0.05) is 0 Å². The summed E-state index contributed by atoms with van der Waals surface area (Å²) in [7, 11) is 0. The van der Waals surface area contributed by atoms with Crippen molar-refractivity contribution in [3.63, 3.8) is 0 Å². The van der Waals surface area contributed by atoms with Crippen LogP contribution in [0.3, 0.4) is 0 Å². The van der Waals surface area contributed by atoms with Gasteiger partial charge in [0.2, 0.25) is 0 Å². The lowest BCUT2D eigenvalue weighted by Crippen LogP contribution is -2.03. The predicted molar refractivity (Wildman–Crippen MR) is 21.8 cm³/mol. The Hall–Kier alpha value is -0.530. The van der Waals surface area contributed by atoms with Crippen molar-refractivity contribution in [2.75, 3.05) is 0 Å². The molecule has 0 aliphatic rings. The molecule has 0 aromatic carbocycles. The van der Waals surface area contributed by atoms with Crippen LogP contribution >= 0.6 is 0 Å². The van der Waals surface area contributed by atoms with Crippen LogP contribution in [0.15, 0.2) is 0 Å². The Morgan fingerprint density at radius 3 is 1.83 bits per heavy atom. The molecule has 34 valence electrons. The molecular weight excluding hydrogens is 80.0 g/mol. The maximum atomic E-state index is 9.57. The van der Waals surface area contributed by atoms with Crippen molar-refractivity contribution in [2.24, 2.45) is 5.92 Å². The van der Waals surface area contributed by atoms with Crippen LogP contribution in [-0.2, 0) is 4.79 Å². The van der Waals surface area contributed by atoms with Crippen molar-refractivity contribution in [3.8, 4) is 0 Å². The zero-order chi connectivity index (χ0) is 5.15. The summed E-state index contributed by atoms with van der Waals surface area (Å²) in [5.74, 6) is -1.69. The molecule has 0 unspecified atom stereocenters. The zero-order valence-electron chi connectivity index (χ0n) is 3.35. The summed E-state index contributed by atoms with van der Waals surface area (Å²) >= 11 is 0. The molecule has 0 spiro atoms. The fourth-order valence-corrected chi connectivity index (χ4v) is 0. The van der Waals surface area contributed by atoms with E-state index in [1.807, 2.05) is 0 Å². The number of hydrogen-bond acceptors (Lipinski definition) is 1. The van der Waals surface area contributed by atoms with Crippen LogP contribution in [0.5, 0.6) is 0 Å². The van der Waals surface area contributed by atoms with E-state index in [1.165, 1.54) is 0 Å². The van der Waals surface area contributed by atoms with E-state index in [9.17, 15) is 4.79 Å². The first-order valence-corrected chi connectivity index (χ1v) is 1.53. The molecule has 1 N–H and O–H groups in total. The lowest BCUT2D eigenvalue weighted by Gasteiger charge is -1.88. The minimum atomic E-state index is -0.963. The molecule has 0 aromatic rings. The third-order valence-electron chi connectivity index (χ3n) is 0.349. The Labute approximate surface area is 36.8 Å². The standard InChI is InChI=1S/C4H6O2/c1-3(2)4(5)6/h3H,1-2H2,(H,5,6). The number of rotatable bonds is 1. The third kappa shape index (κ3) is 1.76. The summed E-state index contributed by atoms with van der Waals surface area (Å²) in [5.41, 5.74) is 0. The fraction of sp³-hybridized carbons (Fsp3) is 0.250. The van der Waals surface area contributed by atoms with Gasteiger partial charge in [0.05, 0.1) is 5.92 Å². The Kier molecular flexibility index (Phi) is 1.64. The van der Waals surface area contributed by atoms with Crippen molar-refractivity contribution >= 4 is 5.97 Å². The SMILES string of the molecule is [CH2]C([CH2])C(=O)O. The van der Waals surface area contributed by atoms with Gasteiger partial charge >= 0.3 is 5.97 Å². The summed E-state index contributed by atoms with van der Waals surface area (Å²) in [6, 6.07) is 0. The lowest BCUT2D eigenvalue weighted by atomic mass is 10.2. The largest absolute Gasteiger partial charge is 0.481 e. The highest BCUT2D eigenvalue weighted by Gasteiger charge is 1.99. The first-order valence-electron chi connectivity index (χ1n) is 1.53. The first-order chi connectivity index (χ1) is 2.64. The summed E-state index contributed by atoms with van der Waals surface area (Å²) in [4.78, 5) is 9.57. The van der Waals surface area contributed by atoms with Gasteiger partial charge in [0.25, 0.3) is 0 Å². The minimum absolute atomic E-state index is 0.731. The minimum Gasteiger partial charge on any atom is -0.481 e. The molecule has 0 aromatic heterocycles. The fourth-order valence-electron chi connectivity index (χ4n) is 0. The summed E-state index contributed by atoms with van der Waals surface area (Å²) < 4.78 is 0. The van der Waals surface area contributed by atoms with Crippen molar-refractivity contribution in [3.05, 3.63) is 13.8 Å². The molecule has 2 radical (unpaired) electrons. The van der Waals surface area contributed by atoms with Crippen LogP contribution in [0.1, 0.15) is 0 Å². The number of carboxylic acids is 1. The van der Waals surface area contributed by atoms with Gasteiger partial charge < -0.3 is 5.11 Å². The van der Waals surface area contributed by atoms with Gasteiger partial charge in [-0.15, -0.1) is 0 Å². The zero-order valence-corrected chi connectivity index (χ0v) is 3.35. The predicted octanol–water partition coefficient (Wildman–Crippen LogP) is 0.355. The molecule has 6 heavy (non-hydrogen) atoms. The molecule has 0 aliphatic heterocycles. The van der Waals surface area contributed by atoms with Gasteiger partial charge in [0, 0.05) is 0 Å². The molecule has 0 amide bonds. The van der Waals surface area contributed by atoms with Crippen LogP contribution < -0.4 is 0 Å². The molecule has 0 fully saturated rings. The second-order valence-electron chi connectivity index (χ2n) is 1.04. The number of hydrogen-bond donors (Lipinski definition) is 1. The average molecular weight is 86.1 g/mol. The highest BCUT2D eigenvalue weighted by Crippen LogP contribution is 1.85. The molecule has 0 bridgehead atoms. The van der Waals surface area contributed by atoms with E-state index in [-0.39, 0.29) is 0 Å². The molecule has 0 aliphatic carbocycles. The number of aliphatic carboxylic acids is 1. The molecule has 0 heterocycles. The summed E-state index contributed by atoms with van der Waals surface area (Å²) in [5, 5.41) is 7.87. The first kappa shape index (κ1) is 5.47. The summed E-state index contributed by atoms with van der Waals surface area (Å²) in [6.07, 6.45) is 0. The molecule has 0 rings (SSSR count). The van der Waals surface area contributed by atoms with Crippen molar-refractivity contribution in [1.29, 1.82) is 0 Å². The normalized spacial score (nSPS) is 9.17. The highest BCUT2D eigenvalue weighted by atomic mass is 16.4. The average Bonchev–Trinajstić information content (AvgIpc) is 1.36.